The van der Waals surface area contributed by atoms with Crippen LogP contribution in [0.5, 0.6) is 0 Å². The summed E-state index contributed by atoms with van der Waals surface area (Å²) < 4.78 is 27.3. The molecule has 1 N–H and O–H groups in total. The van der Waals surface area contributed by atoms with E-state index in [0.717, 1.165) is 29.3 Å². The molecule has 1 saturated carbocycles. The Balaban J connectivity index is 1.34. The highest BCUT2D eigenvalue weighted by atomic mass is 32.2. The van der Waals surface area contributed by atoms with Crippen molar-refractivity contribution in [2.75, 3.05) is 31.1 Å². The number of pyridine rings is 1. The van der Waals surface area contributed by atoms with E-state index in [9.17, 15) is 13.2 Å². The van der Waals surface area contributed by atoms with E-state index < -0.39 is 10.0 Å². The Labute approximate surface area is 188 Å². The molecular weight excluding hydrogens is 424 g/mol. The largest absolute Gasteiger partial charge is 0.354 e. The second kappa shape index (κ2) is 8.52. The summed E-state index contributed by atoms with van der Waals surface area (Å²) in [6.45, 7) is 1.85. The zero-order valence-corrected chi connectivity index (χ0v) is 18.6. The molecule has 1 aliphatic heterocycles. The number of amides is 1. The number of fused-ring (bicyclic) bond motifs is 1. The molecule has 166 valence electrons. The zero-order valence-electron chi connectivity index (χ0n) is 17.8. The minimum Gasteiger partial charge on any atom is -0.354 e. The normalized spacial score (nSPS) is 17.4. The van der Waals surface area contributed by atoms with Crippen LogP contribution in [0.15, 0.2) is 60.7 Å². The fraction of sp³-hybridized carbons (Fsp3) is 0.333. The van der Waals surface area contributed by atoms with Gasteiger partial charge in [-0.1, -0.05) is 48.5 Å². The molecule has 0 atom stereocenters. The van der Waals surface area contributed by atoms with Crippen molar-refractivity contribution in [1.82, 2.24) is 14.6 Å². The molecule has 2 aliphatic rings. The smallest absolute Gasteiger partial charge is 0.252 e. The summed E-state index contributed by atoms with van der Waals surface area (Å²) in [5.41, 5.74) is 2.18. The summed E-state index contributed by atoms with van der Waals surface area (Å²) in [5.74, 6) is 0.647. The molecule has 2 heterocycles. The molecule has 2 fully saturated rings. The topological polar surface area (TPSA) is 82.6 Å². The lowest BCUT2D eigenvalue weighted by Gasteiger charge is -2.35. The van der Waals surface area contributed by atoms with Crippen molar-refractivity contribution in [2.24, 2.45) is 0 Å². The third-order valence-electron chi connectivity index (χ3n) is 6.01. The predicted molar refractivity (Wildman–Crippen MR) is 125 cm³/mol. The maximum Gasteiger partial charge on any atom is 0.252 e. The first-order valence-electron chi connectivity index (χ1n) is 11.0. The maximum atomic E-state index is 12.9. The van der Waals surface area contributed by atoms with Gasteiger partial charge in [0, 0.05) is 37.6 Å². The second-order valence-electron chi connectivity index (χ2n) is 8.42. The van der Waals surface area contributed by atoms with Crippen LogP contribution < -0.4 is 10.2 Å². The summed E-state index contributed by atoms with van der Waals surface area (Å²) in [5, 5.41) is 3.90. The number of sulfonamides is 1. The van der Waals surface area contributed by atoms with Gasteiger partial charge in [0.25, 0.3) is 5.91 Å². The number of piperazine rings is 1. The molecule has 5 rings (SSSR count). The van der Waals surface area contributed by atoms with Gasteiger partial charge in [-0.15, -0.1) is 0 Å². The quantitative estimate of drug-likeness (QED) is 0.625. The van der Waals surface area contributed by atoms with E-state index in [0.29, 0.717) is 37.6 Å². The lowest BCUT2D eigenvalue weighted by Crippen LogP contribution is -2.49. The number of nitrogens with one attached hydrogen (secondary N) is 1. The second-order valence-corrected chi connectivity index (χ2v) is 10.4. The Morgan fingerprint density at radius 3 is 2.38 bits per heavy atom. The molecule has 0 unspecified atom stereocenters. The van der Waals surface area contributed by atoms with Gasteiger partial charge in [-0.05, 0) is 30.5 Å². The van der Waals surface area contributed by atoms with Crippen molar-refractivity contribution in [3.8, 4) is 0 Å². The highest BCUT2D eigenvalue weighted by Crippen LogP contribution is 2.26. The molecule has 2 aromatic carbocycles. The molecule has 0 radical (unpaired) electrons. The molecule has 1 saturated heterocycles. The highest BCUT2D eigenvalue weighted by molar-refractivity contribution is 7.88. The summed E-state index contributed by atoms with van der Waals surface area (Å²) in [6, 6.07) is 19.0. The molecule has 32 heavy (non-hydrogen) atoms. The first-order valence-corrected chi connectivity index (χ1v) is 12.6. The third-order valence-corrected chi connectivity index (χ3v) is 7.86. The summed E-state index contributed by atoms with van der Waals surface area (Å²) in [7, 11) is -3.38. The van der Waals surface area contributed by atoms with Crippen LogP contribution >= 0.6 is 0 Å². The zero-order chi connectivity index (χ0) is 22.1. The highest BCUT2D eigenvalue weighted by Gasteiger charge is 2.29. The average molecular weight is 451 g/mol. The monoisotopic (exact) mass is 450 g/mol. The van der Waals surface area contributed by atoms with Crippen LogP contribution in [0.25, 0.3) is 10.9 Å². The number of carbonyl (C=O) groups excluding carboxylic acids is 1. The van der Waals surface area contributed by atoms with Gasteiger partial charge >= 0.3 is 0 Å². The van der Waals surface area contributed by atoms with Crippen molar-refractivity contribution >= 4 is 32.7 Å². The number of rotatable bonds is 6. The van der Waals surface area contributed by atoms with E-state index in [-0.39, 0.29) is 17.7 Å². The van der Waals surface area contributed by atoms with Gasteiger partial charge in [0.1, 0.15) is 5.82 Å². The minimum absolute atomic E-state index is 0.00749. The molecule has 0 spiro atoms. The number of benzene rings is 2. The number of carbonyl (C=O) groups is 1. The van der Waals surface area contributed by atoms with Crippen molar-refractivity contribution in [1.29, 1.82) is 0 Å². The molecule has 1 amide bonds. The fourth-order valence-corrected chi connectivity index (χ4v) is 5.59. The first-order chi connectivity index (χ1) is 15.5. The van der Waals surface area contributed by atoms with E-state index in [2.05, 4.69) is 10.2 Å². The van der Waals surface area contributed by atoms with Crippen molar-refractivity contribution in [2.45, 2.75) is 24.6 Å². The van der Waals surface area contributed by atoms with Gasteiger partial charge in [-0.2, -0.15) is 4.31 Å². The number of nitrogens with zero attached hydrogens (tertiary/aromatic N) is 3. The lowest BCUT2D eigenvalue weighted by molar-refractivity contribution is 0.0952. The number of hydrogen-bond donors (Lipinski definition) is 1. The van der Waals surface area contributed by atoms with Crippen LogP contribution in [0.3, 0.4) is 0 Å². The van der Waals surface area contributed by atoms with E-state index in [1.807, 2.05) is 60.7 Å². The number of anilines is 1. The van der Waals surface area contributed by atoms with Gasteiger partial charge in [0.2, 0.25) is 10.0 Å². The van der Waals surface area contributed by atoms with Crippen LogP contribution in [-0.4, -0.2) is 55.8 Å². The Bertz CT molecular complexity index is 1230. The lowest BCUT2D eigenvalue weighted by atomic mass is 10.1. The van der Waals surface area contributed by atoms with Crippen molar-refractivity contribution < 1.29 is 13.2 Å². The molecular formula is C24H26N4O3S. The SMILES string of the molecule is O=C(NC1CC1)c1cc(N2CCN(S(=O)(=O)Cc3ccccc3)CC2)nc2ccccc12. The Kier molecular flexibility index (Phi) is 5.57. The van der Waals surface area contributed by atoms with Gasteiger partial charge in [-0.25, -0.2) is 13.4 Å². The fourth-order valence-electron chi connectivity index (χ4n) is 4.07. The third kappa shape index (κ3) is 4.47. The van der Waals surface area contributed by atoms with E-state index in [4.69, 9.17) is 4.98 Å². The maximum absolute atomic E-state index is 12.9. The number of hydrogen-bond acceptors (Lipinski definition) is 5. The number of para-hydroxylation sites is 1. The first kappa shape index (κ1) is 20.9. The Hall–Kier alpha value is -2.97. The van der Waals surface area contributed by atoms with Gasteiger partial charge in [-0.3, -0.25) is 4.79 Å². The molecule has 1 aliphatic carbocycles. The Morgan fingerprint density at radius 2 is 1.66 bits per heavy atom. The molecule has 0 bridgehead atoms. The molecule has 3 aromatic rings. The standard InChI is InChI=1S/C24H26N4O3S/c29-24(25-19-10-11-19)21-16-23(26-22-9-5-4-8-20(21)22)27-12-14-28(15-13-27)32(30,31)17-18-6-2-1-3-7-18/h1-9,16,19H,10-15,17H2,(H,25,29). The average Bonchev–Trinajstić information content (AvgIpc) is 3.63. The molecule has 8 heteroatoms. The van der Waals surface area contributed by atoms with Crippen molar-refractivity contribution in [3.05, 3.63) is 71.8 Å². The minimum atomic E-state index is -3.38. The predicted octanol–water partition coefficient (Wildman–Crippen LogP) is 2.78. The van der Waals surface area contributed by atoms with E-state index >= 15 is 0 Å². The van der Waals surface area contributed by atoms with Crippen LogP contribution in [0.1, 0.15) is 28.8 Å². The van der Waals surface area contributed by atoms with E-state index in [1.165, 1.54) is 0 Å². The number of aromatic nitrogens is 1. The molecule has 1 aromatic heterocycles. The van der Waals surface area contributed by atoms with Gasteiger partial charge < -0.3 is 10.2 Å². The van der Waals surface area contributed by atoms with Crippen molar-refractivity contribution in [3.63, 3.8) is 0 Å². The van der Waals surface area contributed by atoms with Crippen LogP contribution in [-0.2, 0) is 15.8 Å². The van der Waals surface area contributed by atoms with E-state index in [1.54, 1.807) is 4.31 Å². The summed E-state index contributed by atoms with van der Waals surface area (Å²) in [6.07, 6.45) is 2.06. The summed E-state index contributed by atoms with van der Waals surface area (Å²) >= 11 is 0. The van der Waals surface area contributed by atoms with Crippen LogP contribution in [0, 0.1) is 0 Å². The van der Waals surface area contributed by atoms with Gasteiger partial charge in [0.05, 0.1) is 16.8 Å². The van der Waals surface area contributed by atoms with Gasteiger partial charge in [0.15, 0.2) is 0 Å². The van der Waals surface area contributed by atoms with Crippen LogP contribution in [0.4, 0.5) is 5.82 Å². The summed E-state index contributed by atoms with van der Waals surface area (Å²) in [4.78, 5) is 19.7. The van der Waals surface area contributed by atoms with Crippen LogP contribution in [0.2, 0.25) is 0 Å². The molecule has 7 nitrogen and oxygen atoms in total. The Morgan fingerprint density at radius 1 is 0.969 bits per heavy atom.